The van der Waals surface area contributed by atoms with E-state index in [0.29, 0.717) is 6.04 Å². The molecule has 0 amide bonds. The molecule has 1 aromatic heterocycles. The lowest BCUT2D eigenvalue weighted by Crippen LogP contribution is -2.24. The van der Waals surface area contributed by atoms with E-state index in [1.807, 2.05) is 11.8 Å². The van der Waals surface area contributed by atoms with Crippen molar-refractivity contribution in [2.45, 2.75) is 26.4 Å². The zero-order chi connectivity index (χ0) is 12.7. The minimum Gasteiger partial charge on any atom is -0.359 e. The molecule has 0 aromatic carbocycles. The largest absolute Gasteiger partial charge is 0.359 e. The fraction of sp³-hybridized carbons (Fsp3) is 0.615. The molecule has 1 N–H and O–H groups in total. The first-order valence-electron chi connectivity index (χ1n) is 6.03. The maximum absolute atomic E-state index is 4.65. The van der Waals surface area contributed by atoms with Gasteiger partial charge in [0.05, 0.1) is 5.69 Å². The summed E-state index contributed by atoms with van der Waals surface area (Å²) < 4.78 is 0. The maximum atomic E-state index is 4.65. The predicted molar refractivity (Wildman–Crippen MR) is 77.9 cm³/mol. The molecule has 1 heterocycles. The summed E-state index contributed by atoms with van der Waals surface area (Å²) in [5.74, 6) is 2.19. The smallest absolute Gasteiger partial charge is 0.128 e. The van der Waals surface area contributed by atoms with Crippen molar-refractivity contribution in [2.24, 2.45) is 0 Å². The predicted octanol–water partition coefficient (Wildman–Crippen LogP) is 2.38. The number of thioether (sulfide) groups is 1. The molecule has 0 radical (unpaired) electrons. The standard InChI is InChI=1S/C13H23N3S/c1-11(2)14-10-12-6-5-7-13(15-12)16(3)8-9-17-4/h5-7,11,14H,8-10H2,1-4H3. The van der Waals surface area contributed by atoms with Gasteiger partial charge in [-0.3, -0.25) is 0 Å². The summed E-state index contributed by atoms with van der Waals surface area (Å²) in [4.78, 5) is 6.86. The van der Waals surface area contributed by atoms with E-state index in [1.54, 1.807) is 0 Å². The van der Waals surface area contributed by atoms with Gasteiger partial charge in [-0.25, -0.2) is 4.98 Å². The molecule has 0 spiro atoms. The minimum atomic E-state index is 0.495. The van der Waals surface area contributed by atoms with Crippen LogP contribution in [0.1, 0.15) is 19.5 Å². The van der Waals surface area contributed by atoms with E-state index in [0.717, 1.165) is 30.4 Å². The number of aromatic nitrogens is 1. The highest BCUT2D eigenvalue weighted by molar-refractivity contribution is 7.98. The van der Waals surface area contributed by atoms with Gasteiger partial charge in [0.15, 0.2) is 0 Å². The highest BCUT2D eigenvalue weighted by Crippen LogP contribution is 2.10. The monoisotopic (exact) mass is 253 g/mol. The SMILES string of the molecule is CSCCN(C)c1cccc(CNC(C)C)n1. The van der Waals surface area contributed by atoms with Gasteiger partial charge in [-0.05, 0) is 18.4 Å². The van der Waals surface area contributed by atoms with E-state index in [-0.39, 0.29) is 0 Å². The number of hydrogen-bond acceptors (Lipinski definition) is 4. The van der Waals surface area contributed by atoms with E-state index in [2.05, 4.69) is 60.6 Å². The van der Waals surface area contributed by atoms with E-state index in [4.69, 9.17) is 0 Å². The molecule has 0 aliphatic carbocycles. The van der Waals surface area contributed by atoms with Gasteiger partial charge in [-0.2, -0.15) is 11.8 Å². The Morgan fingerprint density at radius 2 is 2.18 bits per heavy atom. The average Bonchev–Trinajstić information content (AvgIpc) is 2.33. The summed E-state index contributed by atoms with van der Waals surface area (Å²) in [6.07, 6.45) is 2.13. The van der Waals surface area contributed by atoms with Crippen molar-refractivity contribution in [3.63, 3.8) is 0 Å². The van der Waals surface area contributed by atoms with Crippen LogP contribution in [-0.2, 0) is 6.54 Å². The fourth-order valence-electron chi connectivity index (χ4n) is 1.43. The summed E-state index contributed by atoms with van der Waals surface area (Å²) in [5.41, 5.74) is 1.10. The lowest BCUT2D eigenvalue weighted by atomic mass is 10.3. The molecular weight excluding hydrogens is 230 g/mol. The van der Waals surface area contributed by atoms with Crippen LogP contribution < -0.4 is 10.2 Å². The van der Waals surface area contributed by atoms with Crippen LogP contribution in [0.5, 0.6) is 0 Å². The number of nitrogens with zero attached hydrogens (tertiary/aromatic N) is 2. The summed E-state index contributed by atoms with van der Waals surface area (Å²) in [6, 6.07) is 6.71. The van der Waals surface area contributed by atoms with Crippen molar-refractivity contribution < 1.29 is 0 Å². The molecule has 0 atom stereocenters. The minimum absolute atomic E-state index is 0.495. The van der Waals surface area contributed by atoms with Gasteiger partial charge < -0.3 is 10.2 Å². The van der Waals surface area contributed by atoms with Crippen molar-refractivity contribution in [1.29, 1.82) is 0 Å². The number of rotatable bonds is 7. The third kappa shape index (κ3) is 5.41. The summed E-state index contributed by atoms with van der Waals surface area (Å²) in [7, 11) is 2.10. The second-order valence-electron chi connectivity index (χ2n) is 4.44. The molecule has 0 aliphatic heterocycles. The Morgan fingerprint density at radius 3 is 2.82 bits per heavy atom. The van der Waals surface area contributed by atoms with Crippen LogP contribution in [0.2, 0.25) is 0 Å². The van der Waals surface area contributed by atoms with Crippen LogP contribution in [0.15, 0.2) is 18.2 Å². The van der Waals surface area contributed by atoms with Crippen LogP contribution in [-0.4, -0.2) is 36.6 Å². The Kier molecular flexibility index (Phi) is 6.37. The third-order valence-electron chi connectivity index (χ3n) is 2.51. The molecule has 3 nitrogen and oxygen atoms in total. The molecule has 0 saturated carbocycles. The lowest BCUT2D eigenvalue weighted by Gasteiger charge is -2.18. The molecule has 0 bridgehead atoms. The van der Waals surface area contributed by atoms with Gasteiger partial charge in [-0.1, -0.05) is 19.9 Å². The molecule has 0 aliphatic rings. The van der Waals surface area contributed by atoms with Crippen molar-refractivity contribution in [1.82, 2.24) is 10.3 Å². The van der Waals surface area contributed by atoms with Gasteiger partial charge in [0, 0.05) is 31.9 Å². The van der Waals surface area contributed by atoms with E-state index in [9.17, 15) is 0 Å². The van der Waals surface area contributed by atoms with Gasteiger partial charge >= 0.3 is 0 Å². The number of pyridine rings is 1. The van der Waals surface area contributed by atoms with Gasteiger partial charge in [0.25, 0.3) is 0 Å². The number of anilines is 1. The van der Waals surface area contributed by atoms with Crippen molar-refractivity contribution in [2.75, 3.05) is 30.5 Å². The zero-order valence-corrected chi connectivity index (χ0v) is 12.0. The second-order valence-corrected chi connectivity index (χ2v) is 5.42. The van der Waals surface area contributed by atoms with E-state index < -0.39 is 0 Å². The first-order chi connectivity index (χ1) is 8.13. The topological polar surface area (TPSA) is 28.2 Å². The van der Waals surface area contributed by atoms with Crippen LogP contribution in [0.25, 0.3) is 0 Å². The number of nitrogens with one attached hydrogen (secondary N) is 1. The van der Waals surface area contributed by atoms with Crippen LogP contribution in [0, 0.1) is 0 Å². The summed E-state index contributed by atoms with van der Waals surface area (Å²) in [6.45, 7) is 6.17. The Balaban J connectivity index is 2.58. The Morgan fingerprint density at radius 1 is 1.41 bits per heavy atom. The maximum Gasteiger partial charge on any atom is 0.128 e. The highest BCUT2D eigenvalue weighted by atomic mass is 32.2. The summed E-state index contributed by atoms with van der Waals surface area (Å²) >= 11 is 1.86. The Labute approximate surface area is 109 Å². The quantitative estimate of drug-likeness (QED) is 0.807. The molecule has 4 heteroatoms. The molecule has 0 saturated heterocycles. The highest BCUT2D eigenvalue weighted by Gasteiger charge is 2.03. The third-order valence-corrected chi connectivity index (χ3v) is 3.10. The number of hydrogen-bond donors (Lipinski definition) is 1. The second kappa shape index (κ2) is 7.56. The van der Waals surface area contributed by atoms with Crippen molar-refractivity contribution in [3.8, 4) is 0 Å². The van der Waals surface area contributed by atoms with Crippen LogP contribution >= 0.6 is 11.8 Å². The van der Waals surface area contributed by atoms with E-state index >= 15 is 0 Å². The molecule has 0 unspecified atom stereocenters. The first kappa shape index (κ1) is 14.3. The van der Waals surface area contributed by atoms with Crippen LogP contribution in [0.4, 0.5) is 5.82 Å². The van der Waals surface area contributed by atoms with Gasteiger partial charge in [0.2, 0.25) is 0 Å². The Bertz CT molecular complexity index is 328. The zero-order valence-electron chi connectivity index (χ0n) is 11.2. The van der Waals surface area contributed by atoms with Gasteiger partial charge in [0.1, 0.15) is 5.82 Å². The van der Waals surface area contributed by atoms with Crippen molar-refractivity contribution in [3.05, 3.63) is 23.9 Å². The molecule has 0 fully saturated rings. The van der Waals surface area contributed by atoms with E-state index in [1.165, 1.54) is 0 Å². The van der Waals surface area contributed by atoms with Gasteiger partial charge in [-0.15, -0.1) is 0 Å². The molecule has 1 aromatic rings. The normalized spacial score (nSPS) is 10.9. The molecule has 96 valence electrons. The first-order valence-corrected chi connectivity index (χ1v) is 7.42. The lowest BCUT2D eigenvalue weighted by molar-refractivity contribution is 0.581. The molecule has 1 rings (SSSR count). The molecule has 17 heavy (non-hydrogen) atoms. The van der Waals surface area contributed by atoms with Crippen molar-refractivity contribution >= 4 is 17.6 Å². The summed E-state index contributed by atoms with van der Waals surface area (Å²) in [5, 5.41) is 3.39. The Hall–Kier alpha value is -0.740. The van der Waals surface area contributed by atoms with Crippen LogP contribution in [0.3, 0.4) is 0 Å². The fourth-order valence-corrected chi connectivity index (χ4v) is 1.89. The average molecular weight is 253 g/mol. The molecular formula is C13H23N3S.